The van der Waals surface area contributed by atoms with E-state index in [9.17, 15) is 9.59 Å². The predicted octanol–water partition coefficient (Wildman–Crippen LogP) is 6.03. The number of nitrogens with one attached hydrogen (secondary N) is 1. The second-order valence-electron chi connectivity index (χ2n) is 8.24. The molecule has 35 heavy (non-hydrogen) atoms. The minimum absolute atomic E-state index is 0.113. The molecule has 0 aromatic heterocycles. The monoisotopic (exact) mass is 532 g/mol. The first-order valence-corrected chi connectivity index (χ1v) is 12.2. The minimum Gasteiger partial charge on any atom is -0.484 e. The van der Waals surface area contributed by atoms with Gasteiger partial charge in [-0.2, -0.15) is 0 Å². The van der Waals surface area contributed by atoms with Gasteiger partial charge in [0.1, 0.15) is 11.8 Å². The molecule has 3 aromatic carbocycles. The smallest absolute Gasteiger partial charge is 0.261 e. The zero-order valence-electron chi connectivity index (χ0n) is 19.8. The Morgan fingerprint density at radius 2 is 1.63 bits per heavy atom. The molecule has 3 aromatic rings. The lowest BCUT2D eigenvalue weighted by Crippen LogP contribution is -2.51. The lowest BCUT2D eigenvalue weighted by molar-refractivity contribution is -0.142. The number of ether oxygens (including phenoxy) is 1. The van der Waals surface area contributed by atoms with Gasteiger partial charge in [0.05, 0.1) is 0 Å². The van der Waals surface area contributed by atoms with Crippen LogP contribution in [0.5, 0.6) is 5.75 Å². The number of carbonyl (C=O) groups is 2. The second kappa shape index (κ2) is 12.3. The van der Waals surface area contributed by atoms with Crippen LogP contribution in [-0.2, 0) is 22.6 Å². The van der Waals surface area contributed by atoms with Crippen LogP contribution in [-0.4, -0.2) is 36.4 Å². The number of hydrogen-bond acceptors (Lipinski definition) is 3. The zero-order chi connectivity index (χ0) is 25.5. The Balaban J connectivity index is 1.91. The Morgan fingerprint density at radius 3 is 2.23 bits per heavy atom. The fourth-order valence-corrected chi connectivity index (χ4v) is 4.35. The number of benzene rings is 3. The normalized spacial score (nSPS) is 11.6. The fourth-order valence-electron chi connectivity index (χ4n) is 3.77. The van der Waals surface area contributed by atoms with Crippen molar-refractivity contribution < 1.29 is 14.3 Å². The van der Waals surface area contributed by atoms with Crippen molar-refractivity contribution in [2.24, 2.45) is 0 Å². The molecule has 0 aliphatic carbocycles. The average molecular weight is 534 g/mol. The molecule has 0 bridgehead atoms. The van der Waals surface area contributed by atoms with Crippen molar-refractivity contribution >= 4 is 46.6 Å². The molecule has 0 saturated heterocycles. The van der Waals surface area contributed by atoms with Crippen molar-refractivity contribution in [3.05, 3.63) is 98.0 Å². The summed E-state index contributed by atoms with van der Waals surface area (Å²) in [7, 11) is 1.55. The van der Waals surface area contributed by atoms with Crippen molar-refractivity contribution in [1.29, 1.82) is 0 Å². The molecule has 184 valence electrons. The summed E-state index contributed by atoms with van der Waals surface area (Å²) in [6.07, 6.45) is 0.330. The van der Waals surface area contributed by atoms with Crippen LogP contribution < -0.4 is 10.1 Å². The SMILES string of the molecule is CNC(=O)C(Cc1ccccc1)N(Cc1ccc(Cl)cc1Cl)C(=O)COc1cc(C)c(Cl)c(C)c1. The summed E-state index contributed by atoms with van der Waals surface area (Å²) in [5.74, 6) is -0.113. The van der Waals surface area contributed by atoms with Crippen LogP contribution in [0.4, 0.5) is 0 Å². The molecule has 5 nitrogen and oxygen atoms in total. The van der Waals surface area contributed by atoms with Gasteiger partial charge in [-0.1, -0.05) is 71.2 Å². The molecule has 0 saturated carbocycles. The Hall–Kier alpha value is -2.73. The van der Waals surface area contributed by atoms with Gasteiger partial charge < -0.3 is 15.0 Å². The van der Waals surface area contributed by atoms with E-state index >= 15 is 0 Å². The average Bonchev–Trinajstić information content (AvgIpc) is 2.84. The maximum atomic E-state index is 13.5. The highest BCUT2D eigenvalue weighted by Crippen LogP contribution is 2.27. The number of nitrogens with zero attached hydrogens (tertiary/aromatic N) is 1. The third-order valence-electron chi connectivity index (χ3n) is 5.65. The van der Waals surface area contributed by atoms with Gasteiger partial charge in [0, 0.05) is 35.1 Å². The van der Waals surface area contributed by atoms with Crippen LogP contribution in [0.15, 0.2) is 60.7 Å². The maximum absolute atomic E-state index is 13.5. The van der Waals surface area contributed by atoms with Gasteiger partial charge >= 0.3 is 0 Å². The molecule has 8 heteroatoms. The maximum Gasteiger partial charge on any atom is 0.261 e. The van der Waals surface area contributed by atoms with Crippen molar-refractivity contribution in [3.63, 3.8) is 0 Å². The van der Waals surface area contributed by atoms with Crippen LogP contribution in [0, 0.1) is 13.8 Å². The molecule has 0 fully saturated rings. The lowest BCUT2D eigenvalue weighted by atomic mass is 10.0. The van der Waals surface area contributed by atoms with Crippen molar-refractivity contribution in [2.45, 2.75) is 32.9 Å². The van der Waals surface area contributed by atoms with Gasteiger partial charge in [-0.15, -0.1) is 0 Å². The molecule has 2 amide bonds. The van der Waals surface area contributed by atoms with E-state index in [2.05, 4.69) is 5.32 Å². The van der Waals surface area contributed by atoms with Gasteiger partial charge in [0.15, 0.2) is 6.61 Å². The summed E-state index contributed by atoms with van der Waals surface area (Å²) in [5, 5.41) is 4.24. The highest BCUT2D eigenvalue weighted by atomic mass is 35.5. The van der Waals surface area contributed by atoms with Gasteiger partial charge in [0.25, 0.3) is 5.91 Å². The van der Waals surface area contributed by atoms with Crippen LogP contribution in [0.3, 0.4) is 0 Å². The Kier molecular flexibility index (Phi) is 9.44. The first kappa shape index (κ1) is 26.9. The molecule has 0 radical (unpaired) electrons. The Morgan fingerprint density at radius 1 is 0.971 bits per heavy atom. The van der Waals surface area contributed by atoms with Crippen LogP contribution in [0.25, 0.3) is 0 Å². The summed E-state index contributed by atoms with van der Waals surface area (Å²) < 4.78 is 5.83. The first-order chi connectivity index (χ1) is 16.7. The Bertz CT molecular complexity index is 1180. The first-order valence-electron chi connectivity index (χ1n) is 11.1. The molecule has 3 rings (SSSR count). The number of amides is 2. The van der Waals surface area contributed by atoms with E-state index in [-0.39, 0.29) is 25.0 Å². The number of likely N-dealkylation sites (N-methyl/N-ethyl adjacent to an activating group) is 1. The van der Waals surface area contributed by atoms with Crippen LogP contribution in [0.1, 0.15) is 22.3 Å². The van der Waals surface area contributed by atoms with E-state index < -0.39 is 6.04 Å². The van der Waals surface area contributed by atoms with E-state index in [1.807, 2.05) is 44.2 Å². The predicted molar refractivity (Wildman–Crippen MR) is 141 cm³/mol. The number of halogens is 3. The number of carbonyl (C=O) groups excluding carboxylic acids is 2. The highest BCUT2D eigenvalue weighted by Gasteiger charge is 2.30. The third kappa shape index (κ3) is 7.14. The van der Waals surface area contributed by atoms with Crippen molar-refractivity contribution in [3.8, 4) is 5.75 Å². The highest BCUT2D eigenvalue weighted by molar-refractivity contribution is 6.35. The summed E-state index contributed by atoms with van der Waals surface area (Å²) in [6, 6.07) is 17.4. The molecule has 1 atom stereocenters. The second-order valence-corrected chi connectivity index (χ2v) is 9.46. The van der Waals surface area contributed by atoms with Crippen LogP contribution >= 0.6 is 34.8 Å². The molecule has 0 spiro atoms. The molecule has 0 aliphatic rings. The van der Waals surface area contributed by atoms with Gasteiger partial charge in [0.2, 0.25) is 5.91 Å². The molecule has 0 aliphatic heterocycles. The summed E-state index contributed by atoms with van der Waals surface area (Å²) in [6.45, 7) is 3.61. The quantitative estimate of drug-likeness (QED) is 0.365. The summed E-state index contributed by atoms with van der Waals surface area (Å²) in [5.41, 5.74) is 3.30. The van der Waals surface area contributed by atoms with Gasteiger partial charge in [-0.25, -0.2) is 0 Å². The number of aryl methyl sites for hydroxylation is 2. The van der Waals surface area contributed by atoms with E-state index in [4.69, 9.17) is 39.5 Å². The largest absolute Gasteiger partial charge is 0.484 e. The number of hydrogen-bond donors (Lipinski definition) is 1. The molecular formula is C27H27Cl3N2O3. The van der Waals surface area contributed by atoms with E-state index in [1.165, 1.54) is 4.90 Å². The Labute approximate surface area is 220 Å². The van der Waals surface area contributed by atoms with Gasteiger partial charge in [-0.05, 0) is 60.4 Å². The van der Waals surface area contributed by atoms with Gasteiger partial charge in [-0.3, -0.25) is 9.59 Å². The number of rotatable bonds is 9. The van der Waals surface area contributed by atoms with Crippen molar-refractivity contribution in [2.75, 3.05) is 13.7 Å². The molecule has 1 N–H and O–H groups in total. The summed E-state index contributed by atoms with van der Waals surface area (Å²) >= 11 is 18.7. The lowest BCUT2D eigenvalue weighted by Gasteiger charge is -2.31. The van der Waals surface area contributed by atoms with E-state index in [0.717, 1.165) is 16.7 Å². The molecular weight excluding hydrogens is 507 g/mol. The fraction of sp³-hybridized carbons (Fsp3) is 0.259. The van der Waals surface area contributed by atoms with E-state index in [1.54, 1.807) is 37.4 Å². The minimum atomic E-state index is -0.779. The topological polar surface area (TPSA) is 58.6 Å². The standard InChI is InChI=1S/C27H27Cl3N2O3/c1-17-11-22(12-18(2)26(17)30)35-16-25(33)32(15-20-9-10-21(28)14-23(20)29)24(27(34)31-3)13-19-7-5-4-6-8-19/h4-12,14,24H,13,15-16H2,1-3H3,(H,31,34). The molecule has 1 unspecified atom stereocenters. The van der Waals surface area contributed by atoms with Crippen LogP contribution in [0.2, 0.25) is 15.1 Å². The zero-order valence-corrected chi connectivity index (χ0v) is 22.0. The summed E-state index contributed by atoms with van der Waals surface area (Å²) in [4.78, 5) is 28.0. The van der Waals surface area contributed by atoms with E-state index in [0.29, 0.717) is 32.8 Å². The third-order valence-corrected chi connectivity index (χ3v) is 6.83. The van der Waals surface area contributed by atoms with Crippen molar-refractivity contribution in [1.82, 2.24) is 10.2 Å². The molecule has 0 heterocycles.